The van der Waals surface area contributed by atoms with Gasteiger partial charge in [0.25, 0.3) is 0 Å². The lowest BCUT2D eigenvalue weighted by molar-refractivity contribution is -0.143. The highest BCUT2D eigenvalue weighted by atomic mass is 35.5. The molecule has 38 heavy (non-hydrogen) atoms. The highest BCUT2D eigenvalue weighted by molar-refractivity contribution is 6.34. The molecule has 0 saturated carbocycles. The molecule has 0 aliphatic heterocycles. The number of fused-ring (bicyclic) bond motifs is 1. The van der Waals surface area contributed by atoms with Crippen molar-refractivity contribution in [1.29, 1.82) is 0 Å². The van der Waals surface area contributed by atoms with Crippen molar-refractivity contribution < 1.29 is 27.6 Å². The summed E-state index contributed by atoms with van der Waals surface area (Å²) in [6, 6.07) is 9.38. The van der Waals surface area contributed by atoms with Crippen LogP contribution in [0, 0.1) is 13.8 Å². The third kappa shape index (κ3) is 4.20. The Balaban J connectivity index is 1.93. The number of alkyl halides is 3. The molecule has 5 aromatic rings. The van der Waals surface area contributed by atoms with Gasteiger partial charge in [0, 0.05) is 39.7 Å². The largest absolute Gasteiger partial charge is 0.478 e. The molecule has 0 amide bonds. The van der Waals surface area contributed by atoms with Crippen LogP contribution < -0.4 is 0 Å². The van der Waals surface area contributed by atoms with Crippen LogP contribution in [0.4, 0.5) is 13.2 Å². The van der Waals surface area contributed by atoms with Crippen LogP contribution in [-0.2, 0) is 6.18 Å². The fourth-order valence-electron chi connectivity index (χ4n) is 4.76. The minimum Gasteiger partial charge on any atom is -0.478 e. The fraction of sp³-hybridized carbons (Fsp3) is 0.185. The van der Waals surface area contributed by atoms with Crippen LogP contribution in [-0.4, -0.2) is 30.8 Å². The smallest absolute Gasteiger partial charge is 0.432 e. The molecular formula is C27H20ClF3N4O3. The van der Waals surface area contributed by atoms with Crippen molar-refractivity contribution in [1.82, 2.24) is 19.7 Å². The first-order valence-corrected chi connectivity index (χ1v) is 11.8. The summed E-state index contributed by atoms with van der Waals surface area (Å²) in [5.41, 5.74) is 0.664. The Bertz CT molecular complexity index is 1670. The highest BCUT2D eigenvalue weighted by Gasteiger charge is 2.42. The molecule has 0 spiro atoms. The number of carboxylic acids is 1. The Labute approximate surface area is 219 Å². The van der Waals surface area contributed by atoms with E-state index in [9.17, 15) is 23.1 Å². The molecule has 194 valence electrons. The number of carboxylic acid groups (broad SMARTS) is 1. The SMILES string of the molecule is Cc1noc(C)c1-c1cnc2c(-c3cc(C(=O)O)ccc3Cl)c(C(F)(F)F)n(C(C)c3ccccn3)c2c1. The normalized spacial score (nSPS) is 12.7. The number of aromatic carboxylic acids is 1. The summed E-state index contributed by atoms with van der Waals surface area (Å²) in [7, 11) is 0. The van der Waals surface area contributed by atoms with Crippen molar-refractivity contribution >= 4 is 28.6 Å². The molecule has 4 heterocycles. The molecule has 11 heteroatoms. The lowest BCUT2D eigenvalue weighted by Gasteiger charge is -2.21. The van der Waals surface area contributed by atoms with Gasteiger partial charge < -0.3 is 14.2 Å². The zero-order valence-electron chi connectivity index (χ0n) is 20.3. The van der Waals surface area contributed by atoms with Gasteiger partial charge in [-0.2, -0.15) is 13.2 Å². The van der Waals surface area contributed by atoms with Crippen LogP contribution in [0.3, 0.4) is 0 Å². The Kier molecular flexibility index (Phi) is 6.22. The second kappa shape index (κ2) is 9.29. The summed E-state index contributed by atoms with van der Waals surface area (Å²) in [6.07, 6.45) is -1.90. The zero-order valence-corrected chi connectivity index (χ0v) is 21.1. The molecule has 1 N–H and O–H groups in total. The molecule has 0 radical (unpaired) electrons. The molecule has 7 nitrogen and oxygen atoms in total. The van der Waals surface area contributed by atoms with Gasteiger partial charge in [0.05, 0.1) is 34.0 Å². The van der Waals surface area contributed by atoms with E-state index in [4.69, 9.17) is 16.1 Å². The Morgan fingerprint density at radius 1 is 1.11 bits per heavy atom. The van der Waals surface area contributed by atoms with E-state index in [0.29, 0.717) is 28.3 Å². The topological polar surface area (TPSA) is 94.0 Å². The van der Waals surface area contributed by atoms with E-state index in [-0.39, 0.29) is 32.7 Å². The maximum Gasteiger partial charge on any atom is 0.432 e. The number of hydrogen-bond donors (Lipinski definition) is 1. The first-order chi connectivity index (χ1) is 18.0. The summed E-state index contributed by atoms with van der Waals surface area (Å²) in [4.78, 5) is 20.4. The van der Waals surface area contributed by atoms with Crippen molar-refractivity contribution in [2.45, 2.75) is 33.0 Å². The fourth-order valence-corrected chi connectivity index (χ4v) is 4.97. The third-order valence-electron chi connectivity index (χ3n) is 6.42. The summed E-state index contributed by atoms with van der Waals surface area (Å²) in [5, 5.41) is 13.4. The van der Waals surface area contributed by atoms with Crippen molar-refractivity contribution in [3.8, 4) is 22.3 Å². The molecule has 1 aromatic carbocycles. The molecule has 0 fully saturated rings. The van der Waals surface area contributed by atoms with Crippen LogP contribution >= 0.6 is 11.6 Å². The lowest BCUT2D eigenvalue weighted by atomic mass is 10.0. The van der Waals surface area contributed by atoms with Gasteiger partial charge in [-0.3, -0.25) is 9.97 Å². The van der Waals surface area contributed by atoms with Gasteiger partial charge in [-0.05, 0) is 57.2 Å². The zero-order chi connectivity index (χ0) is 27.4. The van der Waals surface area contributed by atoms with Gasteiger partial charge in [0.1, 0.15) is 11.5 Å². The van der Waals surface area contributed by atoms with E-state index < -0.39 is 23.9 Å². The van der Waals surface area contributed by atoms with Crippen LogP contribution in [0.2, 0.25) is 5.02 Å². The quantitative estimate of drug-likeness (QED) is 0.250. The Morgan fingerprint density at radius 2 is 1.87 bits per heavy atom. The van der Waals surface area contributed by atoms with E-state index in [2.05, 4.69) is 15.1 Å². The molecule has 0 aliphatic carbocycles. The van der Waals surface area contributed by atoms with Crippen molar-refractivity contribution in [2.75, 3.05) is 0 Å². The number of aromatic nitrogens is 4. The molecule has 0 aliphatic rings. The molecule has 4 aromatic heterocycles. The molecule has 1 atom stereocenters. The molecular weight excluding hydrogens is 521 g/mol. The number of halogens is 4. The second-order valence-corrected chi connectivity index (χ2v) is 9.22. The molecule has 1 unspecified atom stereocenters. The molecule has 0 bridgehead atoms. The Morgan fingerprint density at radius 3 is 2.47 bits per heavy atom. The van der Waals surface area contributed by atoms with Crippen LogP contribution in [0.25, 0.3) is 33.3 Å². The summed E-state index contributed by atoms with van der Waals surface area (Å²) < 4.78 is 51.2. The number of carbonyl (C=O) groups is 1. The Hall–Kier alpha value is -4.18. The number of nitrogens with zero attached hydrogens (tertiary/aromatic N) is 4. The third-order valence-corrected chi connectivity index (χ3v) is 6.75. The molecule has 0 saturated heterocycles. The first kappa shape index (κ1) is 25.5. The van der Waals surface area contributed by atoms with Gasteiger partial charge in [-0.15, -0.1) is 0 Å². The number of aryl methyl sites for hydroxylation is 2. The van der Waals surface area contributed by atoms with Crippen LogP contribution in [0.1, 0.15) is 46.2 Å². The lowest BCUT2D eigenvalue weighted by Crippen LogP contribution is -2.19. The van der Waals surface area contributed by atoms with E-state index >= 15 is 0 Å². The second-order valence-electron chi connectivity index (χ2n) is 8.81. The minimum atomic E-state index is -4.86. The van der Waals surface area contributed by atoms with Crippen molar-refractivity contribution in [2.24, 2.45) is 0 Å². The number of rotatable bonds is 5. The average molecular weight is 541 g/mol. The predicted octanol–water partition coefficient (Wildman–Crippen LogP) is 7.35. The van der Waals surface area contributed by atoms with E-state index in [1.807, 2.05) is 0 Å². The predicted molar refractivity (Wildman–Crippen MR) is 135 cm³/mol. The van der Waals surface area contributed by atoms with Crippen LogP contribution in [0.15, 0.2) is 59.4 Å². The van der Waals surface area contributed by atoms with Gasteiger partial charge in [0.2, 0.25) is 0 Å². The van der Waals surface area contributed by atoms with E-state index in [1.54, 1.807) is 45.0 Å². The maximum atomic E-state index is 14.9. The van der Waals surface area contributed by atoms with Crippen molar-refractivity contribution in [3.63, 3.8) is 0 Å². The summed E-state index contributed by atoms with van der Waals surface area (Å²) in [5.74, 6) is -0.802. The number of pyridine rings is 2. The standard InChI is InChI=1S/C27H20ClF3N4O3/c1-13-22(15(3)38-34-13)17-11-21-24(33-12-17)23(18-10-16(26(36)37)7-8-19(18)28)25(27(29,30)31)35(21)14(2)20-6-4-5-9-32-20/h4-12,14H,1-3H3,(H,36,37). The highest BCUT2D eigenvalue weighted by Crippen LogP contribution is 2.47. The van der Waals surface area contributed by atoms with Gasteiger partial charge in [-0.1, -0.05) is 22.8 Å². The van der Waals surface area contributed by atoms with Gasteiger partial charge >= 0.3 is 12.1 Å². The molecule has 5 rings (SSSR count). The van der Waals surface area contributed by atoms with Gasteiger partial charge in [-0.25, -0.2) is 4.79 Å². The monoisotopic (exact) mass is 540 g/mol. The van der Waals surface area contributed by atoms with E-state index in [1.165, 1.54) is 24.5 Å². The van der Waals surface area contributed by atoms with E-state index in [0.717, 1.165) is 10.6 Å². The first-order valence-electron chi connectivity index (χ1n) is 11.5. The van der Waals surface area contributed by atoms with Crippen molar-refractivity contribution in [3.05, 3.63) is 88.3 Å². The van der Waals surface area contributed by atoms with Gasteiger partial charge in [0.15, 0.2) is 0 Å². The average Bonchev–Trinajstić information content (AvgIpc) is 3.40. The summed E-state index contributed by atoms with van der Waals surface area (Å²) in [6.45, 7) is 5.05. The summed E-state index contributed by atoms with van der Waals surface area (Å²) >= 11 is 6.39. The maximum absolute atomic E-state index is 14.9. The number of benzene rings is 1. The van der Waals surface area contributed by atoms with Crippen LogP contribution in [0.5, 0.6) is 0 Å². The minimum absolute atomic E-state index is 0.0139. The number of hydrogen-bond acceptors (Lipinski definition) is 5.